The second-order valence-electron chi connectivity index (χ2n) is 9.70. The van der Waals surface area contributed by atoms with Crippen molar-refractivity contribution in [3.63, 3.8) is 0 Å². The summed E-state index contributed by atoms with van der Waals surface area (Å²) in [6, 6.07) is 4.42. The van der Waals surface area contributed by atoms with Gasteiger partial charge < -0.3 is 4.74 Å². The number of aromatic nitrogens is 6. The lowest BCUT2D eigenvalue weighted by atomic mass is 9.77. The minimum absolute atomic E-state index is 0.0908. The number of benzene rings is 1. The van der Waals surface area contributed by atoms with Gasteiger partial charge in [-0.1, -0.05) is 6.07 Å². The average molecular weight is 559 g/mol. The first-order valence-corrected chi connectivity index (χ1v) is 12.3. The number of halogens is 7. The number of tetrazole rings is 1. The molecule has 1 atom stereocenters. The van der Waals surface area contributed by atoms with E-state index in [2.05, 4.69) is 31.0 Å². The van der Waals surface area contributed by atoms with E-state index in [9.17, 15) is 26.3 Å². The third kappa shape index (κ3) is 5.92. The summed E-state index contributed by atoms with van der Waals surface area (Å²) in [6.45, 7) is -0.0863. The fourth-order valence-electron chi connectivity index (χ4n) is 4.66. The number of alkyl halides is 6. The Balaban J connectivity index is 1.47. The molecule has 0 bridgehead atoms. The molecule has 1 unspecified atom stereocenters. The molecule has 2 aliphatic rings. The third-order valence-corrected chi connectivity index (χ3v) is 6.84. The third-order valence-electron chi connectivity index (χ3n) is 6.84. The first-order chi connectivity index (χ1) is 18.5. The Kier molecular flexibility index (Phi) is 7.11. The maximum absolute atomic E-state index is 15.3. The number of H-pyrrole nitrogens is 1. The SMILES string of the molecule is Fc1cc(OCCCC(F)(F)F)ccc1C1(C(F)(F)F)CC(c2ccn(CC3CC3)n2)=C(c2nn[nH]n2)CN1. The first-order valence-electron chi connectivity index (χ1n) is 12.3. The standard InChI is InChI=1S/C24H24F7N7O/c25-19-10-15(39-9-1-7-23(26,27)28)4-5-18(19)22(24(29,30)31)11-16(17(12-32-22)21-33-36-37-34-21)20-6-8-38(35-20)13-14-2-3-14/h4-6,8,10,14,32H,1-3,7,9,11-13H2,(H,33,34,36,37). The van der Waals surface area contributed by atoms with Crippen molar-refractivity contribution in [3.05, 3.63) is 53.4 Å². The second kappa shape index (κ2) is 10.2. The molecule has 1 fully saturated rings. The van der Waals surface area contributed by atoms with Gasteiger partial charge in [-0.3, -0.25) is 10.00 Å². The molecule has 2 aromatic heterocycles. The monoisotopic (exact) mass is 559 g/mol. The highest BCUT2D eigenvalue weighted by molar-refractivity contribution is 5.90. The lowest BCUT2D eigenvalue weighted by molar-refractivity contribution is -0.200. The van der Waals surface area contributed by atoms with E-state index in [1.165, 1.54) is 0 Å². The molecule has 15 heteroatoms. The van der Waals surface area contributed by atoms with Crippen LogP contribution in [0.15, 0.2) is 30.5 Å². The highest BCUT2D eigenvalue weighted by atomic mass is 19.4. The summed E-state index contributed by atoms with van der Waals surface area (Å²) >= 11 is 0. The fourth-order valence-corrected chi connectivity index (χ4v) is 4.66. The van der Waals surface area contributed by atoms with Gasteiger partial charge in [0.15, 0.2) is 0 Å². The van der Waals surface area contributed by atoms with Gasteiger partial charge in [-0.15, -0.1) is 10.2 Å². The van der Waals surface area contributed by atoms with E-state index in [1.807, 2.05) is 0 Å². The molecule has 5 rings (SSSR count). The zero-order valence-electron chi connectivity index (χ0n) is 20.4. The minimum atomic E-state index is -4.95. The van der Waals surface area contributed by atoms with Gasteiger partial charge in [0, 0.05) is 49.3 Å². The van der Waals surface area contributed by atoms with E-state index in [0.717, 1.165) is 31.0 Å². The molecule has 0 spiro atoms. The van der Waals surface area contributed by atoms with Crippen LogP contribution in [0.5, 0.6) is 5.75 Å². The van der Waals surface area contributed by atoms with Gasteiger partial charge in [0.1, 0.15) is 17.1 Å². The van der Waals surface area contributed by atoms with Gasteiger partial charge in [0.25, 0.3) is 0 Å². The Labute approximate surface area is 217 Å². The van der Waals surface area contributed by atoms with Crippen molar-refractivity contribution in [1.29, 1.82) is 0 Å². The van der Waals surface area contributed by atoms with E-state index in [4.69, 9.17) is 4.74 Å². The second-order valence-corrected chi connectivity index (χ2v) is 9.70. The number of ether oxygens (including phenoxy) is 1. The van der Waals surface area contributed by atoms with E-state index in [0.29, 0.717) is 18.0 Å². The summed E-state index contributed by atoms with van der Waals surface area (Å²) in [5.74, 6) is -0.814. The Morgan fingerprint density at radius 2 is 1.87 bits per heavy atom. The maximum Gasteiger partial charge on any atom is 0.411 e. The van der Waals surface area contributed by atoms with Gasteiger partial charge in [0.05, 0.1) is 12.3 Å². The van der Waals surface area contributed by atoms with Crippen LogP contribution in [0.3, 0.4) is 0 Å². The molecule has 2 N–H and O–H groups in total. The van der Waals surface area contributed by atoms with E-state index < -0.39 is 42.1 Å². The Morgan fingerprint density at radius 1 is 1.08 bits per heavy atom. The normalized spacial score (nSPS) is 20.5. The summed E-state index contributed by atoms with van der Waals surface area (Å²) in [5.41, 5.74) is -2.70. The molecule has 3 aromatic rings. The molecule has 8 nitrogen and oxygen atoms in total. The van der Waals surface area contributed by atoms with E-state index >= 15 is 4.39 Å². The number of aromatic amines is 1. The molecule has 1 aliphatic carbocycles. The molecule has 1 aliphatic heterocycles. The summed E-state index contributed by atoms with van der Waals surface area (Å²) in [5, 5.41) is 20.6. The topological polar surface area (TPSA) is 93.5 Å². The number of rotatable bonds is 9. The number of nitrogens with one attached hydrogen (secondary N) is 2. The van der Waals surface area contributed by atoms with Crippen LogP contribution in [0.1, 0.15) is 49.2 Å². The van der Waals surface area contributed by atoms with Crippen molar-refractivity contribution >= 4 is 11.1 Å². The summed E-state index contributed by atoms with van der Waals surface area (Å²) in [4.78, 5) is 0. The lowest BCUT2D eigenvalue weighted by Gasteiger charge is -2.41. The van der Waals surface area contributed by atoms with Crippen molar-refractivity contribution in [3.8, 4) is 5.75 Å². The van der Waals surface area contributed by atoms with Crippen molar-refractivity contribution in [1.82, 2.24) is 35.7 Å². The minimum Gasteiger partial charge on any atom is -0.493 e. The zero-order chi connectivity index (χ0) is 27.8. The molecule has 0 radical (unpaired) electrons. The van der Waals surface area contributed by atoms with Gasteiger partial charge in [-0.25, -0.2) is 4.39 Å². The molecule has 0 amide bonds. The van der Waals surface area contributed by atoms with Crippen LogP contribution >= 0.6 is 0 Å². The zero-order valence-corrected chi connectivity index (χ0v) is 20.4. The molecule has 1 aromatic carbocycles. The molecule has 210 valence electrons. The Bertz CT molecular complexity index is 1330. The van der Waals surface area contributed by atoms with Crippen molar-refractivity contribution in [2.24, 2.45) is 5.92 Å². The number of hydrogen-bond donors (Lipinski definition) is 2. The largest absolute Gasteiger partial charge is 0.493 e. The van der Waals surface area contributed by atoms with Crippen LogP contribution in [0.4, 0.5) is 30.7 Å². The summed E-state index contributed by atoms with van der Waals surface area (Å²) < 4.78 is 104. The molecule has 1 saturated carbocycles. The highest BCUT2D eigenvalue weighted by Gasteiger charge is 2.59. The Morgan fingerprint density at radius 3 is 2.51 bits per heavy atom. The molecule has 39 heavy (non-hydrogen) atoms. The van der Waals surface area contributed by atoms with E-state index in [-0.39, 0.29) is 42.4 Å². The fraction of sp³-hybridized carbons (Fsp3) is 0.500. The average Bonchev–Trinajstić information content (AvgIpc) is 3.30. The molecule has 3 heterocycles. The smallest absolute Gasteiger partial charge is 0.411 e. The number of hydrogen-bond acceptors (Lipinski definition) is 6. The quantitative estimate of drug-likeness (QED) is 0.282. The van der Waals surface area contributed by atoms with Crippen molar-refractivity contribution < 1.29 is 35.5 Å². The van der Waals surface area contributed by atoms with Gasteiger partial charge >= 0.3 is 12.4 Å². The van der Waals surface area contributed by atoms with Crippen molar-refractivity contribution in [2.45, 2.75) is 56.5 Å². The lowest BCUT2D eigenvalue weighted by Crippen LogP contribution is -2.57. The first kappa shape index (κ1) is 27.1. The van der Waals surface area contributed by atoms with Crippen LogP contribution in [0.25, 0.3) is 11.1 Å². The molecule has 0 saturated heterocycles. The summed E-state index contributed by atoms with van der Waals surface area (Å²) in [6.07, 6.45) is -7.69. The summed E-state index contributed by atoms with van der Waals surface area (Å²) in [7, 11) is 0. The van der Waals surface area contributed by atoms with Gasteiger partial charge in [0.2, 0.25) is 5.82 Å². The van der Waals surface area contributed by atoms with E-state index in [1.54, 1.807) is 16.9 Å². The van der Waals surface area contributed by atoms with Crippen LogP contribution < -0.4 is 10.1 Å². The Hall–Kier alpha value is -3.49. The van der Waals surface area contributed by atoms with Gasteiger partial charge in [-0.2, -0.15) is 36.7 Å². The predicted molar refractivity (Wildman–Crippen MR) is 123 cm³/mol. The van der Waals surface area contributed by atoms with Gasteiger partial charge in [-0.05, 0) is 48.1 Å². The molecular formula is C24H24F7N7O. The van der Waals surface area contributed by atoms with Crippen molar-refractivity contribution in [2.75, 3.05) is 13.2 Å². The highest BCUT2D eigenvalue weighted by Crippen LogP contribution is 2.50. The van der Waals surface area contributed by atoms with Crippen LogP contribution in [-0.2, 0) is 12.1 Å². The maximum atomic E-state index is 15.3. The van der Waals surface area contributed by atoms with Crippen LogP contribution in [0.2, 0.25) is 0 Å². The molecular weight excluding hydrogens is 535 g/mol. The predicted octanol–water partition coefficient (Wildman–Crippen LogP) is 5.03. The van der Waals surface area contributed by atoms with Crippen LogP contribution in [-0.4, -0.2) is 55.9 Å². The number of nitrogens with zero attached hydrogens (tertiary/aromatic N) is 5. The van der Waals surface area contributed by atoms with Crippen LogP contribution in [0, 0.1) is 11.7 Å².